The number of alkyl halides is 3. The highest BCUT2D eigenvalue weighted by molar-refractivity contribution is 6.32. The van der Waals surface area contributed by atoms with Gasteiger partial charge in [-0.25, -0.2) is 0 Å². The van der Waals surface area contributed by atoms with E-state index in [9.17, 15) is 23.1 Å². The molecule has 10 heteroatoms. The number of rotatable bonds is 9. The van der Waals surface area contributed by atoms with Gasteiger partial charge in [0.1, 0.15) is 11.9 Å². The van der Waals surface area contributed by atoms with Crippen LogP contribution in [0.15, 0.2) is 42.5 Å². The number of nitrogens with zero attached hydrogens (tertiary/aromatic N) is 2. The van der Waals surface area contributed by atoms with Crippen LogP contribution in [-0.4, -0.2) is 60.8 Å². The molecule has 2 aromatic rings. The number of hydrogen-bond donors (Lipinski definition) is 2. The maximum Gasteiger partial charge on any atom is 0.416 e. The largest absolute Gasteiger partial charge is 0.489 e. The fourth-order valence-corrected chi connectivity index (χ4v) is 5.47. The molecule has 3 atom stereocenters. The first-order chi connectivity index (χ1) is 18.2. The second-order valence-corrected chi connectivity index (χ2v) is 11.0. The summed E-state index contributed by atoms with van der Waals surface area (Å²) in [4.78, 5) is 17.5. The summed E-state index contributed by atoms with van der Waals surface area (Å²) in [7, 11) is 0. The first-order valence-electron chi connectivity index (χ1n) is 13.3. The molecule has 3 fully saturated rings. The van der Waals surface area contributed by atoms with Crippen LogP contribution in [0.5, 0.6) is 5.75 Å². The van der Waals surface area contributed by atoms with E-state index < -0.39 is 23.9 Å². The van der Waals surface area contributed by atoms with Gasteiger partial charge in [0.05, 0.1) is 28.6 Å². The Morgan fingerprint density at radius 2 is 1.79 bits per heavy atom. The van der Waals surface area contributed by atoms with Gasteiger partial charge in [-0.05, 0) is 87.2 Å². The molecule has 1 aliphatic carbocycles. The van der Waals surface area contributed by atoms with E-state index in [0.29, 0.717) is 48.1 Å². The molecule has 0 spiro atoms. The third kappa shape index (κ3) is 6.55. The van der Waals surface area contributed by atoms with Crippen LogP contribution < -0.4 is 15.0 Å². The molecular weight excluding hydrogens is 519 g/mol. The van der Waals surface area contributed by atoms with Crippen LogP contribution in [0.3, 0.4) is 0 Å². The van der Waals surface area contributed by atoms with Crippen LogP contribution in [0.25, 0.3) is 0 Å². The van der Waals surface area contributed by atoms with Crippen molar-refractivity contribution >= 4 is 23.2 Å². The Bertz CT molecular complexity index is 1120. The highest BCUT2D eigenvalue weighted by Gasteiger charge is 2.34. The number of nitrogens with one attached hydrogen (secondary N) is 1. The van der Waals surface area contributed by atoms with Gasteiger partial charge in [0.2, 0.25) is 5.91 Å². The van der Waals surface area contributed by atoms with Crippen LogP contribution in [0.1, 0.15) is 49.3 Å². The van der Waals surface area contributed by atoms with Crippen LogP contribution in [-0.2, 0) is 11.0 Å². The van der Waals surface area contributed by atoms with Gasteiger partial charge in [0.25, 0.3) is 0 Å². The van der Waals surface area contributed by atoms with Crippen LogP contribution in [0.4, 0.5) is 18.9 Å². The van der Waals surface area contributed by atoms with Gasteiger partial charge in [-0.2, -0.15) is 13.2 Å². The van der Waals surface area contributed by atoms with Crippen molar-refractivity contribution in [3.8, 4) is 5.75 Å². The molecule has 1 saturated carbocycles. The summed E-state index contributed by atoms with van der Waals surface area (Å²) < 4.78 is 44.5. The molecule has 3 aliphatic rings. The van der Waals surface area contributed by atoms with E-state index >= 15 is 0 Å². The highest BCUT2D eigenvalue weighted by Crippen LogP contribution is 2.35. The summed E-state index contributed by atoms with van der Waals surface area (Å²) in [6.45, 7) is 3.32. The molecule has 2 N–H and O–H groups in total. The van der Waals surface area contributed by atoms with Crippen molar-refractivity contribution in [1.29, 1.82) is 0 Å². The van der Waals surface area contributed by atoms with Crippen molar-refractivity contribution in [2.24, 2.45) is 5.92 Å². The molecule has 1 amide bonds. The molecular formula is C28H33ClF3N3O3. The molecule has 206 valence electrons. The number of benzene rings is 2. The lowest BCUT2D eigenvalue weighted by Gasteiger charge is -2.30. The fourth-order valence-electron chi connectivity index (χ4n) is 5.23. The van der Waals surface area contributed by atoms with Gasteiger partial charge in [-0.15, -0.1) is 0 Å². The van der Waals surface area contributed by atoms with Crippen molar-refractivity contribution in [3.05, 3.63) is 58.6 Å². The number of anilines is 1. The molecule has 2 heterocycles. The molecule has 1 unspecified atom stereocenters. The average molecular weight is 552 g/mol. The highest BCUT2D eigenvalue weighted by atomic mass is 35.5. The third-order valence-corrected chi connectivity index (χ3v) is 7.89. The molecule has 5 rings (SSSR count). The Morgan fingerprint density at radius 3 is 2.42 bits per heavy atom. The Labute approximate surface area is 225 Å². The molecule has 2 saturated heterocycles. The van der Waals surface area contributed by atoms with Crippen LogP contribution in [0.2, 0.25) is 5.02 Å². The monoisotopic (exact) mass is 551 g/mol. The number of ether oxygens (including phenoxy) is 1. The lowest BCUT2D eigenvalue weighted by Crippen LogP contribution is -2.48. The number of carbonyl (C=O) groups is 1. The summed E-state index contributed by atoms with van der Waals surface area (Å²) in [5, 5.41) is 14.8. The minimum atomic E-state index is -4.38. The standard InChI is InChI=1S/C28H33ClF3N3O3/c29-23-15-18(3-10-25(23)38-22-8-9-22)26(36)24(17-34-12-1-2-13-34)33-27(37)19-11-14-35(16-19)21-6-4-20(5-7-21)28(30,31)32/h3-7,10,15,19,22,24,26,36H,1-2,8-9,11-14,16-17H2,(H,33,37)/t19?,24-,26-/m1/s1. The van der Waals surface area contributed by atoms with Gasteiger partial charge in [0, 0.05) is 25.3 Å². The molecule has 2 aliphatic heterocycles. The van der Waals surface area contributed by atoms with E-state index in [0.717, 1.165) is 50.9 Å². The van der Waals surface area contributed by atoms with Gasteiger partial charge in [0.15, 0.2) is 0 Å². The van der Waals surface area contributed by atoms with Crippen LogP contribution >= 0.6 is 11.6 Å². The van der Waals surface area contributed by atoms with E-state index in [2.05, 4.69) is 10.2 Å². The predicted molar refractivity (Wildman–Crippen MR) is 139 cm³/mol. The molecule has 6 nitrogen and oxygen atoms in total. The summed E-state index contributed by atoms with van der Waals surface area (Å²) >= 11 is 6.44. The van der Waals surface area contributed by atoms with E-state index in [1.165, 1.54) is 12.1 Å². The number of aliphatic hydroxyl groups excluding tert-OH is 1. The van der Waals surface area contributed by atoms with Crippen molar-refractivity contribution in [3.63, 3.8) is 0 Å². The number of amides is 1. The number of likely N-dealkylation sites (tertiary alicyclic amines) is 1. The Morgan fingerprint density at radius 1 is 1.08 bits per heavy atom. The summed E-state index contributed by atoms with van der Waals surface area (Å²) in [6.07, 6.45) is -0.353. The number of hydrogen-bond acceptors (Lipinski definition) is 5. The Balaban J connectivity index is 1.24. The van der Waals surface area contributed by atoms with E-state index in [1.54, 1.807) is 18.2 Å². The Hall–Kier alpha value is -2.49. The normalized spacial score (nSPS) is 21.9. The van der Waals surface area contributed by atoms with E-state index in [1.807, 2.05) is 4.90 Å². The summed E-state index contributed by atoms with van der Waals surface area (Å²) in [6, 6.07) is 9.76. The number of halogens is 4. The minimum absolute atomic E-state index is 0.164. The van der Waals surface area contributed by atoms with Crippen molar-refractivity contribution in [1.82, 2.24) is 10.2 Å². The lowest BCUT2D eigenvalue weighted by molar-refractivity contribution is -0.137. The summed E-state index contributed by atoms with van der Waals surface area (Å²) in [5.41, 5.74) is 0.575. The van der Waals surface area contributed by atoms with Crippen LogP contribution in [0, 0.1) is 5.92 Å². The van der Waals surface area contributed by atoms with Gasteiger partial charge in [-0.1, -0.05) is 17.7 Å². The number of carbonyl (C=O) groups excluding carboxylic acids is 1. The van der Waals surface area contributed by atoms with E-state index in [-0.39, 0.29) is 17.9 Å². The predicted octanol–water partition coefficient (Wildman–Crippen LogP) is 5.04. The zero-order valence-electron chi connectivity index (χ0n) is 21.1. The maximum absolute atomic E-state index is 13.3. The lowest BCUT2D eigenvalue weighted by atomic mass is 10.00. The third-order valence-electron chi connectivity index (χ3n) is 7.60. The molecule has 38 heavy (non-hydrogen) atoms. The molecule has 0 aromatic heterocycles. The zero-order valence-corrected chi connectivity index (χ0v) is 21.8. The number of aliphatic hydroxyl groups is 1. The fraction of sp³-hybridized carbons (Fsp3) is 0.536. The van der Waals surface area contributed by atoms with E-state index in [4.69, 9.17) is 16.3 Å². The first kappa shape index (κ1) is 27.1. The SMILES string of the molecule is O=C(N[C@H](CN1CCCC1)[C@H](O)c1ccc(OC2CC2)c(Cl)c1)C1CCN(c2ccc(C(F)(F)F)cc2)C1. The van der Waals surface area contributed by atoms with Crippen molar-refractivity contribution in [2.45, 2.75) is 56.5 Å². The first-order valence-corrected chi connectivity index (χ1v) is 13.6. The molecule has 0 bridgehead atoms. The van der Waals surface area contributed by atoms with Gasteiger partial charge >= 0.3 is 6.18 Å². The second kappa shape index (κ2) is 11.3. The topological polar surface area (TPSA) is 65.0 Å². The van der Waals surface area contributed by atoms with Crippen molar-refractivity contribution in [2.75, 3.05) is 37.6 Å². The summed E-state index contributed by atoms with van der Waals surface area (Å²) in [5.74, 6) is 0.102. The van der Waals surface area contributed by atoms with Crippen molar-refractivity contribution < 1.29 is 27.8 Å². The quantitative estimate of drug-likeness (QED) is 0.457. The molecule has 0 radical (unpaired) electrons. The second-order valence-electron chi connectivity index (χ2n) is 10.6. The van der Waals surface area contributed by atoms with Gasteiger partial charge < -0.3 is 25.0 Å². The average Bonchev–Trinajstić information content (AvgIpc) is 3.33. The minimum Gasteiger partial charge on any atom is -0.489 e. The zero-order chi connectivity index (χ0) is 26.9. The van der Waals surface area contributed by atoms with Gasteiger partial charge in [-0.3, -0.25) is 4.79 Å². The molecule has 2 aromatic carbocycles. The smallest absolute Gasteiger partial charge is 0.416 e. The Kier molecular flexibility index (Phi) is 8.07. The maximum atomic E-state index is 13.3.